The number of piperidine rings is 1. The van der Waals surface area contributed by atoms with Crippen LogP contribution in [0.1, 0.15) is 20.3 Å². The molecule has 0 N–H and O–H groups in total. The zero-order valence-corrected chi connectivity index (χ0v) is 9.15. The Bertz CT molecular complexity index is 302. The van der Waals surface area contributed by atoms with Crippen molar-refractivity contribution in [3.05, 3.63) is 0 Å². The standard InChI is InChI=1S/C8H15F2NO2S/c1-3-14(12,13)11-5-4-8(9,10)7(2)6-11/h7H,3-6H2,1-2H3. The first kappa shape index (κ1) is 11.8. The van der Waals surface area contributed by atoms with E-state index in [0.717, 1.165) is 4.31 Å². The van der Waals surface area contributed by atoms with E-state index in [0.29, 0.717) is 0 Å². The minimum absolute atomic E-state index is 0.0225. The summed E-state index contributed by atoms with van der Waals surface area (Å²) in [4.78, 5) is 0. The molecule has 0 aromatic heterocycles. The number of sulfonamides is 1. The Morgan fingerprint density at radius 3 is 2.50 bits per heavy atom. The third kappa shape index (κ3) is 2.23. The van der Waals surface area contributed by atoms with E-state index in [2.05, 4.69) is 0 Å². The molecule has 1 aliphatic heterocycles. The van der Waals surface area contributed by atoms with Gasteiger partial charge in [-0.3, -0.25) is 0 Å². The lowest BCUT2D eigenvalue weighted by Gasteiger charge is -2.35. The van der Waals surface area contributed by atoms with Crippen LogP contribution in [0.3, 0.4) is 0 Å². The van der Waals surface area contributed by atoms with Gasteiger partial charge in [0.25, 0.3) is 5.92 Å². The van der Waals surface area contributed by atoms with Crippen LogP contribution < -0.4 is 0 Å². The molecule has 0 aromatic rings. The highest BCUT2D eigenvalue weighted by Gasteiger charge is 2.43. The first-order valence-corrected chi connectivity index (χ1v) is 6.26. The maximum Gasteiger partial charge on any atom is 0.253 e. The molecule has 14 heavy (non-hydrogen) atoms. The van der Waals surface area contributed by atoms with Gasteiger partial charge in [-0.2, -0.15) is 0 Å². The Kier molecular flexibility index (Phi) is 3.16. The number of hydrogen-bond acceptors (Lipinski definition) is 2. The summed E-state index contributed by atoms with van der Waals surface area (Å²) in [6.45, 7) is 2.78. The zero-order chi connectivity index (χ0) is 11.0. The lowest BCUT2D eigenvalue weighted by atomic mass is 9.97. The molecule has 1 heterocycles. The van der Waals surface area contributed by atoms with Gasteiger partial charge in [-0.05, 0) is 6.92 Å². The molecule has 3 nitrogen and oxygen atoms in total. The maximum atomic E-state index is 13.0. The molecule has 1 atom stereocenters. The number of halogens is 2. The van der Waals surface area contributed by atoms with Crippen LogP contribution in [0.2, 0.25) is 0 Å². The molecule has 1 rings (SSSR count). The van der Waals surface area contributed by atoms with E-state index in [-0.39, 0.29) is 25.3 Å². The van der Waals surface area contributed by atoms with Gasteiger partial charge in [0.2, 0.25) is 10.0 Å². The summed E-state index contributed by atoms with van der Waals surface area (Å²) in [5, 5.41) is 0. The van der Waals surface area contributed by atoms with Crippen molar-refractivity contribution in [2.75, 3.05) is 18.8 Å². The second-order valence-electron chi connectivity index (χ2n) is 3.67. The normalized spacial score (nSPS) is 29.0. The third-order valence-corrected chi connectivity index (χ3v) is 4.50. The summed E-state index contributed by atoms with van der Waals surface area (Å²) in [5.74, 6) is -3.64. The molecule has 0 radical (unpaired) electrons. The molecular formula is C8H15F2NO2S. The summed E-state index contributed by atoms with van der Waals surface area (Å²) in [5.41, 5.74) is 0. The maximum absolute atomic E-state index is 13.0. The van der Waals surface area contributed by atoms with Crippen molar-refractivity contribution in [2.24, 2.45) is 5.92 Å². The predicted molar refractivity (Wildman–Crippen MR) is 49.8 cm³/mol. The van der Waals surface area contributed by atoms with E-state index in [4.69, 9.17) is 0 Å². The molecule has 0 saturated carbocycles. The van der Waals surface area contributed by atoms with Crippen LogP contribution in [0.15, 0.2) is 0 Å². The molecule has 0 spiro atoms. The fourth-order valence-corrected chi connectivity index (χ4v) is 2.67. The van der Waals surface area contributed by atoms with Crippen molar-refractivity contribution in [1.29, 1.82) is 0 Å². The Morgan fingerprint density at radius 1 is 1.50 bits per heavy atom. The summed E-state index contributed by atoms with van der Waals surface area (Å²) < 4.78 is 50.0. The van der Waals surface area contributed by atoms with Crippen LogP contribution in [-0.4, -0.2) is 37.5 Å². The van der Waals surface area contributed by atoms with Crippen LogP contribution >= 0.6 is 0 Å². The smallest absolute Gasteiger partial charge is 0.212 e. The number of rotatable bonds is 2. The van der Waals surface area contributed by atoms with Gasteiger partial charge in [-0.25, -0.2) is 21.5 Å². The average molecular weight is 227 g/mol. The highest BCUT2D eigenvalue weighted by atomic mass is 32.2. The number of hydrogen-bond donors (Lipinski definition) is 0. The first-order chi connectivity index (χ1) is 6.29. The Morgan fingerprint density at radius 2 is 2.07 bits per heavy atom. The minimum Gasteiger partial charge on any atom is -0.212 e. The third-order valence-electron chi connectivity index (χ3n) is 2.65. The highest BCUT2D eigenvalue weighted by Crippen LogP contribution is 2.33. The van der Waals surface area contributed by atoms with Crippen molar-refractivity contribution in [3.8, 4) is 0 Å². The van der Waals surface area contributed by atoms with E-state index in [9.17, 15) is 17.2 Å². The molecule has 0 aliphatic carbocycles. The van der Waals surface area contributed by atoms with E-state index in [1.807, 2.05) is 0 Å². The van der Waals surface area contributed by atoms with Crippen LogP contribution in [0.25, 0.3) is 0 Å². The van der Waals surface area contributed by atoms with Crippen LogP contribution in [-0.2, 0) is 10.0 Å². The van der Waals surface area contributed by atoms with Crippen molar-refractivity contribution in [1.82, 2.24) is 4.31 Å². The molecule has 0 bridgehead atoms. The second kappa shape index (κ2) is 3.73. The van der Waals surface area contributed by atoms with Crippen LogP contribution in [0.4, 0.5) is 8.78 Å². The van der Waals surface area contributed by atoms with Gasteiger partial charge in [0.05, 0.1) is 5.75 Å². The summed E-state index contributed by atoms with van der Waals surface area (Å²) in [6.07, 6.45) is -0.368. The molecule has 1 saturated heterocycles. The largest absolute Gasteiger partial charge is 0.253 e. The molecule has 1 aliphatic rings. The predicted octanol–water partition coefficient (Wildman–Crippen LogP) is 1.31. The molecule has 0 aromatic carbocycles. The van der Waals surface area contributed by atoms with E-state index < -0.39 is 21.9 Å². The van der Waals surface area contributed by atoms with Crippen molar-refractivity contribution >= 4 is 10.0 Å². The fraction of sp³-hybridized carbons (Fsp3) is 1.00. The summed E-state index contributed by atoms with van der Waals surface area (Å²) >= 11 is 0. The fourth-order valence-electron chi connectivity index (χ4n) is 1.49. The second-order valence-corrected chi connectivity index (χ2v) is 5.93. The molecule has 6 heteroatoms. The molecule has 0 amide bonds. The molecular weight excluding hydrogens is 212 g/mol. The van der Waals surface area contributed by atoms with Gasteiger partial charge >= 0.3 is 0 Å². The quantitative estimate of drug-likeness (QED) is 0.713. The van der Waals surface area contributed by atoms with Gasteiger partial charge in [-0.15, -0.1) is 0 Å². The summed E-state index contributed by atoms with van der Waals surface area (Å²) in [6, 6.07) is 0. The van der Waals surface area contributed by atoms with Gasteiger partial charge in [0.15, 0.2) is 0 Å². The van der Waals surface area contributed by atoms with Crippen LogP contribution in [0, 0.1) is 5.92 Å². The van der Waals surface area contributed by atoms with E-state index in [1.165, 1.54) is 13.8 Å². The Hall–Kier alpha value is -0.230. The molecule has 1 unspecified atom stereocenters. The van der Waals surface area contributed by atoms with Gasteiger partial charge < -0.3 is 0 Å². The zero-order valence-electron chi connectivity index (χ0n) is 8.33. The average Bonchev–Trinajstić information content (AvgIpc) is 2.09. The minimum atomic E-state index is -3.30. The SMILES string of the molecule is CCS(=O)(=O)N1CCC(F)(F)C(C)C1. The Labute approximate surface area is 83.1 Å². The number of alkyl halides is 2. The highest BCUT2D eigenvalue weighted by molar-refractivity contribution is 7.89. The lowest BCUT2D eigenvalue weighted by Crippen LogP contribution is -2.48. The van der Waals surface area contributed by atoms with E-state index >= 15 is 0 Å². The van der Waals surface area contributed by atoms with Gasteiger partial charge in [0, 0.05) is 25.4 Å². The summed E-state index contributed by atoms with van der Waals surface area (Å²) in [7, 11) is -3.30. The van der Waals surface area contributed by atoms with E-state index in [1.54, 1.807) is 0 Å². The monoisotopic (exact) mass is 227 g/mol. The van der Waals surface area contributed by atoms with Crippen molar-refractivity contribution in [2.45, 2.75) is 26.2 Å². The first-order valence-electron chi connectivity index (χ1n) is 4.65. The molecule has 84 valence electrons. The van der Waals surface area contributed by atoms with Gasteiger partial charge in [0.1, 0.15) is 0 Å². The molecule has 1 fully saturated rings. The number of nitrogens with zero attached hydrogens (tertiary/aromatic N) is 1. The van der Waals surface area contributed by atoms with Crippen LogP contribution in [0.5, 0.6) is 0 Å². The van der Waals surface area contributed by atoms with Crippen molar-refractivity contribution in [3.63, 3.8) is 0 Å². The topological polar surface area (TPSA) is 37.4 Å². The van der Waals surface area contributed by atoms with Crippen molar-refractivity contribution < 1.29 is 17.2 Å². The lowest BCUT2D eigenvalue weighted by molar-refractivity contribution is -0.0853. The Balaban J connectivity index is 2.74. The van der Waals surface area contributed by atoms with Gasteiger partial charge in [-0.1, -0.05) is 6.92 Å².